The van der Waals surface area contributed by atoms with Crippen LogP contribution in [-0.2, 0) is 24.3 Å². The van der Waals surface area contributed by atoms with Crippen molar-refractivity contribution < 1.29 is 22.7 Å². The fourth-order valence-corrected chi connectivity index (χ4v) is 7.56. The summed E-state index contributed by atoms with van der Waals surface area (Å²) in [5.74, 6) is -0.307. The van der Waals surface area contributed by atoms with E-state index < -0.39 is 10.0 Å². The van der Waals surface area contributed by atoms with Crippen LogP contribution in [0.25, 0.3) is 23.0 Å². The molecule has 12 heteroatoms. The van der Waals surface area contributed by atoms with Crippen LogP contribution < -0.4 is 0 Å². The average Bonchev–Trinajstić information content (AvgIpc) is 3.57. The fourth-order valence-electron chi connectivity index (χ4n) is 5.18. The van der Waals surface area contributed by atoms with Crippen LogP contribution in [0.5, 0.6) is 0 Å². The number of sulfonamides is 1. The Balaban J connectivity index is 1.36. The van der Waals surface area contributed by atoms with Crippen LogP contribution in [0.3, 0.4) is 0 Å². The van der Waals surface area contributed by atoms with Crippen molar-refractivity contribution in [3.63, 3.8) is 0 Å². The van der Waals surface area contributed by atoms with E-state index in [4.69, 9.17) is 14.6 Å². The molecule has 4 heterocycles. The van der Waals surface area contributed by atoms with Crippen molar-refractivity contribution in [2.24, 2.45) is 4.99 Å². The first-order valence-electron chi connectivity index (χ1n) is 13.5. The Morgan fingerprint density at radius 3 is 2.46 bits per heavy atom. The molecule has 2 atom stereocenters. The lowest BCUT2D eigenvalue weighted by molar-refractivity contribution is -0.113. The number of hydrogen-bond donors (Lipinski definition) is 0. The summed E-state index contributed by atoms with van der Waals surface area (Å²) in [6.07, 6.45) is 3.73. The molecular weight excluding hydrogens is 562 g/mol. The summed E-state index contributed by atoms with van der Waals surface area (Å²) in [6.45, 7) is 6.73. The molecule has 10 nitrogen and oxygen atoms in total. The molecule has 6 rings (SSSR count). The molecule has 41 heavy (non-hydrogen) atoms. The van der Waals surface area contributed by atoms with Gasteiger partial charge in [-0.2, -0.15) is 14.4 Å². The van der Waals surface area contributed by atoms with Gasteiger partial charge in [-0.3, -0.25) is 4.79 Å². The van der Waals surface area contributed by atoms with Gasteiger partial charge in [0.1, 0.15) is 5.69 Å². The molecule has 1 amide bonds. The van der Waals surface area contributed by atoms with Gasteiger partial charge in [-0.25, -0.2) is 13.1 Å². The van der Waals surface area contributed by atoms with Crippen LogP contribution in [0.4, 0.5) is 0 Å². The van der Waals surface area contributed by atoms with Crippen LogP contribution in [-0.4, -0.2) is 90.1 Å². The van der Waals surface area contributed by atoms with E-state index in [-0.39, 0.29) is 23.0 Å². The molecule has 2 unspecified atom stereocenters. The summed E-state index contributed by atoms with van der Waals surface area (Å²) in [4.78, 5) is 20.1. The maximum Gasteiger partial charge on any atom is 0.286 e. The number of thioether (sulfide) groups is 1. The lowest BCUT2D eigenvalue weighted by Gasteiger charge is -2.35. The van der Waals surface area contributed by atoms with Gasteiger partial charge in [0.05, 0.1) is 40.9 Å². The summed E-state index contributed by atoms with van der Waals surface area (Å²) >= 11 is 1.34. The van der Waals surface area contributed by atoms with Crippen molar-refractivity contribution in [3.8, 4) is 16.9 Å². The van der Waals surface area contributed by atoms with Crippen LogP contribution >= 0.6 is 11.8 Å². The van der Waals surface area contributed by atoms with Gasteiger partial charge in [0.25, 0.3) is 5.91 Å². The predicted octanol–water partition coefficient (Wildman–Crippen LogP) is 3.64. The van der Waals surface area contributed by atoms with Crippen LogP contribution in [0.15, 0.2) is 75.6 Å². The Morgan fingerprint density at radius 2 is 1.73 bits per heavy atom. The normalized spacial score (nSPS) is 23.3. The molecule has 3 aliphatic rings. The summed E-state index contributed by atoms with van der Waals surface area (Å²) in [5, 5.41) is 5.51. The number of amides is 1. The summed E-state index contributed by atoms with van der Waals surface area (Å²) in [5.41, 5.74) is 2.73. The van der Waals surface area contributed by atoms with E-state index in [1.807, 2.05) is 56.4 Å². The quantitative estimate of drug-likeness (QED) is 0.413. The maximum atomic E-state index is 13.4. The monoisotopic (exact) mass is 593 g/mol. The molecule has 0 spiro atoms. The number of ether oxygens (including phenoxy) is 2. The molecule has 2 aromatic carbocycles. The molecule has 2 fully saturated rings. The number of aliphatic imine (C=N–C) groups is 1. The number of nitrogens with zero attached hydrogens (tertiary/aromatic N) is 5. The number of hydrogen-bond acceptors (Lipinski definition) is 8. The van der Waals surface area contributed by atoms with Gasteiger partial charge in [-0.1, -0.05) is 30.3 Å². The SMILES string of the molecule is CC1CN(C2=NC(=O)C(=Cc3cn(-c4ccccc4)nc3-c3cccc(S(=O)(=O)N4CCOCC4)c3)S2)CC(C)O1. The van der Waals surface area contributed by atoms with E-state index >= 15 is 0 Å². The highest BCUT2D eigenvalue weighted by molar-refractivity contribution is 8.18. The minimum absolute atomic E-state index is 0.0434. The standard InChI is InChI=1S/C29H31N5O5S2/c1-20-17-32(18-21(2)39-20)29-30-28(35)26(40-29)16-23-19-34(24-8-4-3-5-9-24)31-27(23)22-7-6-10-25(15-22)41(36,37)33-11-13-38-14-12-33/h3-10,15-16,19-21H,11-14,17-18H2,1-2H3. The average molecular weight is 594 g/mol. The second-order valence-electron chi connectivity index (χ2n) is 10.2. The van der Waals surface area contributed by atoms with Crippen LogP contribution in [0, 0.1) is 0 Å². The highest BCUT2D eigenvalue weighted by Gasteiger charge is 2.32. The van der Waals surface area contributed by atoms with Gasteiger partial charge in [0.15, 0.2) is 5.17 Å². The first-order chi connectivity index (χ1) is 19.8. The van der Waals surface area contributed by atoms with Crippen LogP contribution in [0.2, 0.25) is 0 Å². The third-order valence-electron chi connectivity index (χ3n) is 7.06. The molecule has 1 aromatic heterocycles. The fraction of sp³-hybridized carbons (Fsp3) is 0.345. The number of amidine groups is 1. The summed E-state index contributed by atoms with van der Waals surface area (Å²) in [6, 6.07) is 16.4. The smallest absolute Gasteiger partial charge is 0.286 e. The zero-order valence-electron chi connectivity index (χ0n) is 22.8. The molecule has 0 radical (unpaired) electrons. The number of benzene rings is 2. The maximum absolute atomic E-state index is 13.4. The van der Waals surface area contributed by atoms with Gasteiger partial charge in [-0.05, 0) is 56.0 Å². The van der Waals surface area contributed by atoms with Crippen LogP contribution in [0.1, 0.15) is 19.4 Å². The van der Waals surface area contributed by atoms with Crippen molar-refractivity contribution in [1.82, 2.24) is 19.0 Å². The van der Waals surface area contributed by atoms with Gasteiger partial charge < -0.3 is 14.4 Å². The molecule has 3 aromatic rings. The molecule has 0 N–H and O–H groups in total. The number of rotatable bonds is 5. The van der Waals surface area contributed by atoms with Gasteiger partial charge in [0, 0.05) is 43.5 Å². The first kappa shape index (κ1) is 27.9. The minimum atomic E-state index is -3.70. The Bertz CT molecular complexity index is 1600. The zero-order chi connectivity index (χ0) is 28.6. The molecule has 2 saturated heterocycles. The Labute approximate surface area is 243 Å². The van der Waals surface area contributed by atoms with Gasteiger partial charge >= 0.3 is 0 Å². The van der Waals surface area contributed by atoms with Gasteiger partial charge in [-0.15, -0.1) is 0 Å². The van der Waals surface area contributed by atoms with Crippen molar-refractivity contribution in [1.29, 1.82) is 0 Å². The molecule has 0 saturated carbocycles. The molecule has 0 bridgehead atoms. The number of morpholine rings is 2. The van der Waals surface area contributed by atoms with E-state index in [9.17, 15) is 13.2 Å². The molecule has 3 aliphatic heterocycles. The Morgan fingerprint density at radius 1 is 1.00 bits per heavy atom. The molecule has 0 aliphatic carbocycles. The lowest BCUT2D eigenvalue weighted by atomic mass is 10.1. The Kier molecular flexibility index (Phi) is 7.84. The highest BCUT2D eigenvalue weighted by Crippen LogP contribution is 2.35. The van der Waals surface area contributed by atoms with Crippen molar-refractivity contribution >= 4 is 38.9 Å². The number of aromatic nitrogens is 2. The predicted molar refractivity (Wildman–Crippen MR) is 158 cm³/mol. The van der Waals surface area contributed by atoms with Gasteiger partial charge in [0.2, 0.25) is 10.0 Å². The van der Waals surface area contributed by atoms with E-state index in [0.29, 0.717) is 66.3 Å². The third kappa shape index (κ3) is 5.88. The zero-order valence-corrected chi connectivity index (χ0v) is 24.5. The lowest BCUT2D eigenvalue weighted by Crippen LogP contribution is -2.47. The number of para-hydroxylation sites is 1. The van der Waals surface area contributed by atoms with E-state index in [2.05, 4.69) is 9.89 Å². The van der Waals surface area contributed by atoms with Crippen molar-refractivity contribution in [2.45, 2.75) is 31.0 Å². The topological polar surface area (TPSA) is 106 Å². The summed E-state index contributed by atoms with van der Waals surface area (Å²) in [7, 11) is -3.70. The molecule has 214 valence electrons. The second kappa shape index (κ2) is 11.5. The largest absolute Gasteiger partial charge is 0.379 e. The molecular formula is C29H31N5O5S2. The van der Waals surface area contributed by atoms with Crippen molar-refractivity contribution in [3.05, 3.63) is 71.3 Å². The van der Waals surface area contributed by atoms with E-state index in [0.717, 1.165) is 5.69 Å². The number of carbonyl (C=O) groups is 1. The van der Waals surface area contributed by atoms with E-state index in [1.165, 1.54) is 16.1 Å². The third-order valence-corrected chi connectivity index (χ3v) is 10.0. The summed E-state index contributed by atoms with van der Waals surface area (Å²) < 4.78 is 41.1. The Hall–Kier alpha value is -3.29. The minimum Gasteiger partial charge on any atom is -0.379 e. The first-order valence-corrected chi connectivity index (χ1v) is 15.8. The second-order valence-corrected chi connectivity index (χ2v) is 13.2. The highest BCUT2D eigenvalue weighted by atomic mass is 32.2. The van der Waals surface area contributed by atoms with Crippen molar-refractivity contribution in [2.75, 3.05) is 39.4 Å². The number of carbonyl (C=O) groups excluding carboxylic acids is 1. The van der Waals surface area contributed by atoms with E-state index in [1.54, 1.807) is 29.0 Å².